The summed E-state index contributed by atoms with van der Waals surface area (Å²) in [6, 6.07) is 14.7. The van der Waals surface area contributed by atoms with Crippen LogP contribution >= 0.6 is 15.9 Å². The van der Waals surface area contributed by atoms with Crippen LogP contribution in [0.15, 0.2) is 53.0 Å². The first kappa shape index (κ1) is 16.0. The molecule has 0 aromatic heterocycles. The molecule has 1 heterocycles. The van der Waals surface area contributed by atoms with E-state index in [2.05, 4.69) is 21.2 Å². The fourth-order valence-electron chi connectivity index (χ4n) is 2.50. The van der Waals surface area contributed by atoms with Crippen molar-refractivity contribution in [3.05, 3.63) is 58.6 Å². The first-order chi connectivity index (χ1) is 11.2. The predicted octanol–water partition coefficient (Wildman–Crippen LogP) is 4.26. The van der Waals surface area contributed by atoms with Crippen molar-refractivity contribution >= 4 is 27.5 Å². The van der Waals surface area contributed by atoms with Gasteiger partial charge in [0.05, 0.1) is 11.7 Å². The van der Waals surface area contributed by atoms with Crippen LogP contribution in [0, 0.1) is 0 Å². The van der Waals surface area contributed by atoms with Crippen molar-refractivity contribution in [3.63, 3.8) is 0 Å². The zero-order chi connectivity index (χ0) is 16.1. The highest BCUT2D eigenvalue weighted by Crippen LogP contribution is 2.22. The third kappa shape index (κ3) is 4.33. The van der Waals surface area contributed by atoms with Crippen molar-refractivity contribution < 1.29 is 14.3 Å². The van der Waals surface area contributed by atoms with Gasteiger partial charge in [0.15, 0.2) is 0 Å². The molecule has 1 saturated heterocycles. The third-order valence-electron chi connectivity index (χ3n) is 3.66. The summed E-state index contributed by atoms with van der Waals surface area (Å²) in [7, 11) is 0. The lowest BCUT2D eigenvalue weighted by Crippen LogP contribution is -2.19. The summed E-state index contributed by atoms with van der Waals surface area (Å²) in [5, 5.41) is 2.89. The van der Waals surface area contributed by atoms with E-state index < -0.39 is 0 Å². The highest BCUT2D eigenvalue weighted by molar-refractivity contribution is 9.10. The number of hydrogen-bond donors (Lipinski definition) is 1. The molecule has 5 heteroatoms. The number of benzene rings is 2. The van der Waals surface area contributed by atoms with Gasteiger partial charge in [0.2, 0.25) is 0 Å². The van der Waals surface area contributed by atoms with Crippen molar-refractivity contribution in [2.45, 2.75) is 18.9 Å². The Morgan fingerprint density at radius 2 is 2.13 bits per heavy atom. The fourth-order valence-corrected chi connectivity index (χ4v) is 2.90. The van der Waals surface area contributed by atoms with Gasteiger partial charge in [-0.15, -0.1) is 0 Å². The molecule has 0 bridgehead atoms. The second kappa shape index (κ2) is 7.62. The van der Waals surface area contributed by atoms with E-state index in [1.165, 1.54) is 0 Å². The number of carbonyl (C=O) groups is 1. The molecule has 0 radical (unpaired) electrons. The average molecular weight is 376 g/mol. The molecule has 1 N–H and O–H groups in total. The number of halogens is 1. The molecular weight excluding hydrogens is 358 g/mol. The highest BCUT2D eigenvalue weighted by Gasteiger charge is 2.18. The molecule has 1 aliphatic heterocycles. The predicted molar refractivity (Wildman–Crippen MR) is 93.0 cm³/mol. The minimum Gasteiger partial charge on any atom is -0.490 e. The topological polar surface area (TPSA) is 47.6 Å². The Hall–Kier alpha value is -1.85. The molecule has 3 rings (SSSR count). The molecule has 23 heavy (non-hydrogen) atoms. The molecule has 2 aromatic rings. The van der Waals surface area contributed by atoms with Crippen LogP contribution in [0.4, 0.5) is 5.69 Å². The third-order valence-corrected chi connectivity index (χ3v) is 4.16. The summed E-state index contributed by atoms with van der Waals surface area (Å²) < 4.78 is 12.3. The van der Waals surface area contributed by atoms with Crippen molar-refractivity contribution in [3.8, 4) is 5.75 Å². The van der Waals surface area contributed by atoms with Gasteiger partial charge in [0, 0.05) is 16.8 Å². The van der Waals surface area contributed by atoms with Gasteiger partial charge in [0.1, 0.15) is 12.4 Å². The van der Waals surface area contributed by atoms with Crippen molar-refractivity contribution in [1.82, 2.24) is 0 Å². The quantitative estimate of drug-likeness (QED) is 0.848. The molecule has 1 unspecified atom stereocenters. The minimum absolute atomic E-state index is 0.121. The maximum atomic E-state index is 12.5. The van der Waals surface area contributed by atoms with Crippen LogP contribution in [0.1, 0.15) is 23.2 Å². The van der Waals surface area contributed by atoms with Crippen LogP contribution in [0.2, 0.25) is 0 Å². The fraction of sp³-hybridized carbons (Fsp3) is 0.278. The van der Waals surface area contributed by atoms with E-state index in [-0.39, 0.29) is 12.0 Å². The molecule has 0 aliphatic carbocycles. The summed E-state index contributed by atoms with van der Waals surface area (Å²) in [5.41, 5.74) is 1.25. The van der Waals surface area contributed by atoms with E-state index in [0.717, 1.165) is 29.6 Å². The SMILES string of the molecule is O=C(Nc1cccc(Br)c1)c1ccccc1OCC1CCCO1. The van der Waals surface area contributed by atoms with Crippen molar-refractivity contribution in [2.75, 3.05) is 18.5 Å². The molecule has 1 fully saturated rings. The van der Waals surface area contributed by atoms with Gasteiger partial charge in [-0.3, -0.25) is 4.79 Å². The van der Waals surface area contributed by atoms with Crippen LogP contribution in [0.5, 0.6) is 5.75 Å². The molecule has 4 nitrogen and oxygen atoms in total. The maximum Gasteiger partial charge on any atom is 0.259 e. The molecule has 120 valence electrons. The second-order valence-corrected chi connectivity index (χ2v) is 6.32. The van der Waals surface area contributed by atoms with Crippen molar-refractivity contribution in [1.29, 1.82) is 0 Å². The number of amides is 1. The smallest absolute Gasteiger partial charge is 0.259 e. The van der Waals surface area contributed by atoms with Gasteiger partial charge in [-0.1, -0.05) is 34.1 Å². The van der Waals surface area contributed by atoms with Gasteiger partial charge < -0.3 is 14.8 Å². The number of rotatable bonds is 5. The number of para-hydroxylation sites is 1. The Bertz CT molecular complexity index is 683. The summed E-state index contributed by atoms with van der Waals surface area (Å²) in [5.74, 6) is 0.390. The second-order valence-electron chi connectivity index (χ2n) is 5.41. The number of ether oxygens (including phenoxy) is 2. The Balaban J connectivity index is 1.69. The summed E-state index contributed by atoms with van der Waals surface area (Å²) in [6.07, 6.45) is 2.20. The molecule has 1 aliphatic rings. The van der Waals surface area contributed by atoms with Gasteiger partial charge in [-0.2, -0.15) is 0 Å². The van der Waals surface area contributed by atoms with Crippen LogP contribution in [0.3, 0.4) is 0 Å². The molecular formula is C18H18BrNO3. The monoisotopic (exact) mass is 375 g/mol. The zero-order valence-corrected chi connectivity index (χ0v) is 14.2. The molecule has 0 spiro atoms. The lowest BCUT2D eigenvalue weighted by atomic mass is 10.1. The minimum atomic E-state index is -0.189. The summed E-state index contributed by atoms with van der Waals surface area (Å²) in [4.78, 5) is 12.5. The van der Waals surface area contributed by atoms with Gasteiger partial charge in [-0.05, 0) is 43.2 Å². The summed E-state index contributed by atoms with van der Waals surface area (Å²) >= 11 is 3.40. The first-order valence-electron chi connectivity index (χ1n) is 7.63. The van der Waals surface area contributed by atoms with E-state index in [0.29, 0.717) is 17.9 Å². The maximum absolute atomic E-state index is 12.5. The largest absolute Gasteiger partial charge is 0.490 e. The van der Waals surface area contributed by atoms with E-state index in [4.69, 9.17) is 9.47 Å². The van der Waals surface area contributed by atoms with E-state index in [1.54, 1.807) is 6.07 Å². The molecule has 1 atom stereocenters. The Kier molecular flexibility index (Phi) is 5.31. The van der Waals surface area contributed by atoms with Crippen LogP contribution in [-0.4, -0.2) is 25.2 Å². The average Bonchev–Trinajstić information content (AvgIpc) is 3.06. The number of anilines is 1. The standard InChI is InChI=1S/C18H18BrNO3/c19-13-5-3-6-14(11-13)20-18(21)16-8-1-2-9-17(16)23-12-15-7-4-10-22-15/h1-3,5-6,8-9,11,15H,4,7,10,12H2,(H,20,21). The van der Waals surface area contributed by atoms with E-state index in [9.17, 15) is 4.79 Å². The van der Waals surface area contributed by atoms with E-state index >= 15 is 0 Å². The lowest BCUT2D eigenvalue weighted by molar-refractivity contribution is 0.0673. The van der Waals surface area contributed by atoms with Crippen LogP contribution < -0.4 is 10.1 Å². The number of carbonyl (C=O) groups excluding carboxylic acids is 1. The van der Waals surface area contributed by atoms with E-state index in [1.807, 2.05) is 42.5 Å². The normalized spacial score (nSPS) is 17.0. The summed E-state index contributed by atoms with van der Waals surface area (Å²) in [6.45, 7) is 1.26. The number of nitrogens with one attached hydrogen (secondary N) is 1. The van der Waals surface area contributed by atoms with Crippen LogP contribution in [-0.2, 0) is 4.74 Å². The van der Waals surface area contributed by atoms with Gasteiger partial charge >= 0.3 is 0 Å². The lowest BCUT2D eigenvalue weighted by Gasteiger charge is -2.14. The van der Waals surface area contributed by atoms with Crippen LogP contribution in [0.25, 0.3) is 0 Å². The number of hydrogen-bond acceptors (Lipinski definition) is 3. The highest BCUT2D eigenvalue weighted by atomic mass is 79.9. The van der Waals surface area contributed by atoms with Gasteiger partial charge in [0.25, 0.3) is 5.91 Å². The first-order valence-corrected chi connectivity index (χ1v) is 8.42. The zero-order valence-electron chi connectivity index (χ0n) is 12.6. The molecule has 2 aromatic carbocycles. The molecule has 1 amide bonds. The Labute approximate surface area is 143 Å². The Morgan fingerprint density at radius 1 is 1.26 bits per heavy atom. The van der Waals surface area contributed by atoms with Gasteiger partial charge in [-0.25, -0.2) is 0 Å². The Morgan fingerprint density at radius 3 is 2.91 bits per heavy atom. The van der Waals surface area contributed by atoms with Crippen molar-refractivity contribution in [2.24, 2.45) is 0 Å². The molecule has 0 saturated carbocycles.